The zero-order chi connectivity index (χ0) is 14.6. The average Bonchev–Trinajstić information content (AvgIpc) is 2.46. The lowest BCUT2D eigenvalue weighted by Crippen LogP contribution is -2.37. The number of benzene rings is 1. The van der Waals surface area contributed by atoms with Crippen molar-refractivity contribution in [1.29, 1.82) is 0 Å². The molecule has 0 aliphatic rings. The fourth-order valence-electron chi connectivity index (χ4n) is 1.61. The van der Waals surface area contributed by atoms with E-state index in [4.69, 9.17) is 10.8 Å². The highest BCUT2D eigenvalue weighted by molar-refractivity contribution is 5.60. The third-order valence-electron chi connectivity index (χ3n) is 2.77. The monoisotopic (exact) mass is 274 g/mol. The van der Waals surface area contributed by atoms with E-state index in [1.807, 2.05) is 30.3 Å². The molecule has 0 radical (unpaired) electrons. The Balaban J connectivity index is 2.21. The normalized spacial score (nSPS) is 13.8. The zero-order valence-electron chi connectivity index (χ0n) is 11.2. The number of nitrogen functional groups attached to an aromatic ring is 1. The smallest absolute Gasteiger partial charge is 0.163 e. The lowest BCUT2D eigenvalue weighted by Gasteiger charge is -2.21. The van der Waals surface area contributed by atoms with E-state index in [0.717, 1.165) is 5.56 Å². The van der Waals surface area contributed by atoms with Crippen LogP contribution in [0.5, 0.6) is 0 Å². The van der Waals surface area contributed by atoms with Crippen LogP contribution in [0.15, 0.2) is 36.4 Å². The van der Waals surface area contributed by atoms with Crippen LogP contribution in [0.25, 0.3) is 11.4 Å². The molecule has 2 aromatic rings. The number of nitrogens with one attached hydrogen (secondary N) is 1. The van der Waals surface area contributed by atoms with E-state index in [1.54, 1.807) is 6.07 Å². The Kier molecular flexibility index (Phi) is 4.16. The molecule has 0 bridgehead atoms. The predicted molar refractivity (Wildman–Crippen MR) is 78.1 cm³/mol. The van der Waals surface area contributed by atoms with Crippen LogP contribution in [0.1, 0.15) is 6.92 Å². The molecule has 20 heavy (non-hydrogen) atoms. The molecule has 0 spiro atoms. The maximum Gasteiger partial charge on any atom is 0.163 e. The molecule has 0 aliphatic carbocycles. The van der Waals surface area contributed by atoms with E-state index in [-0.39, 0.29) is 13.2 Å². The number of rotatable bonds is 5. The molecule has 2 rings (SSSR count). The van der Waals surface area contributed by atoms with Crippen LogP contribution in [-0.2, 0) is 0 Å². The van der Waals surface area contributed by atoms with Crippen molar-refractivity contribution in [3.05, 3.63) is 36.4 Å². The van der Waals surface area contributed by atoms with Gasteiger partial charge in [-0.15, -0.1) is 0 Å². The second-order valence-electron chi connectivity index (χ2n) is 4.88. The van der Waals surface area contributed by atoms with Gasteiger partial charge in [-0.1, -0.05) is 30.3 Å². The Morgan fingerprint density at radius 3 is 2.60 bits per heavy atom. The molecular weight excluding hydrogens is 256 g/mol. The van der Waals surface area contributed by atoms with Gasteiger partial charge in [-0.2, -0.15) is 0 Å². The molecule has 0 aliphatic heterocycles. The van der Waals surface area contributed by atoms with Crippen LogP contribution >= 0.6 is 0 Å². The largest absolute Gasteiger partial charge is 0.393 e. The van der Waals surface area contributed by atoms with Crippen LogP contribution in [0, 0.1) is 0 Å². The van der Waals surface area contributed by atoms with Crippen molar-refractivity contribution in [2.45, 2.75) is 12.5 Å². The van der Waals surface area contributed by atoms with Gasteiger partial charge in [-0.25, -0.2) is 9.97 Å². The second kappa shape index (κ2) is 5.85. The van der Waals surface area contributed by atoms with Crippen molar-refractivity contribution in [3.63, 3.8) is 0 Å². The van der Waals surface area contributed by atoms with Crippen LogP contribution in [0.2, 0.25) is 0 Å². The van der Waals surface area contributed by atoms with Crippen molar-refractivity contribution >= 4 is 11.6 Å². The van der Waals surface area contributed by atoms with Gasteiger partial charge in [0.15, 0.2) is 5.82 Å². The van der Waals surface area contributed by atoms with Crippen LogP contribution < -0.4 is 11.1 Å². The highest BCUT2D eigenvalue weighted by Crippen LogP contribution is 2.19. The van der Waals surface area contributed by atoms with Gasteiger partial charge in [0.05, 0.1) is 6.61 Å². The zero-order valence-corrected chi connectivity index (χ0v) is 11.2. The van der Waals surface area contributed by atoms with E-state index >= 15 is 0 Å². The summed E-state index contributed by atoms with van der Waals surface area (Å²) in [6.45, 7) is 1.35. The molecule has 6 heteroatoms. The second-order valence-corrected chi connectivity index (χ2v) is 4.88. The van der Waals surface area contributed by atoms with Crippen molar-refractivity contribution in [2.75, 3.05) is 24.2 Å². The maximum atomic E-state index is 9.75. The Morgan fingerprint density at radius 1 is 1.25 bits per heavy atom. The quantitative estimate of drug-likeness (QED) is 0.645. The lowest BCUT2D eigenvalue weighted by molar-refractivity contribution is 0.0132. The molecular formula is C14H18N4O2. The van der Waals surface area contributed by atoms with Crippen LogP contribution in [0.3, 0.4) is 0 Å². The van der Waals surface area contributed by atoms with E-state index in [1.165, 1.54) is 6.92 Å². The highest BCUT2D eigenvalue weighted by atomic mass is 16.3. The first kappa shape index (κ1) is 14.2. The first-order chi connectivity index (χ1) is 9.50. The summed E-state index contributed by atoms with van der Waals surface area (Å²) in [5.74, 6) is 1.35. The van der Waals surface area contributed by atoms with Gasteiger partial charge in [-0.05, 0) is 6.92 Å². The first-order valence-corrected chi connectivity index (χ1v) is 6.27. The number of aliphatic hydroxyl groups is 2. The lowest BCUT2D eigenvalue weighted by atomic mass is 10.1. The summed E-state index contributed by atoms with van der Waals surface area (Å²) < 4.78 is 0. The van der Waals surface area contributed by atoms with E-state index in [0.29, 0.717) is 17.5 Å². The van der Waals surface area contributed by atoms with Crippen molar-refractivity contribution < 1.29 is 10.2 Å². The summed E-state index contributed by atoms with van der Waals surface area (Å²) in [6, 6.07) is 11.1. The summed E-state index contributed by atoms with van der Waals surface area (Å²) in [6.07, 6.45) is 0. The molecule has 0 saturated heterocycles. The van der Waals surface area contributed by atoms with E-state index in [2.05, 4.69) is 15.3 Å². The minimum Gasteiger partial charge on any atom is -0.393 e. The minimum atomic E-state index is -1.22. The molecule has 5 N–H and O–H groups in total. The molecule has 1 aromatic heterocycles. The van der Waals surface area contributed by atoms with Crippen molar-refractivity contribution in [1.82, 2.24) is 9.97 Å². The fourth-order valence-corrected chi connectivity index (χ4v) is 1.61. The summed E-state index contributed by atoms with van der Waals surface area (Å²) in [4.78, 5) is 8.53. The summed E-state index contributed by atoms with van der Waals surface area (Å²) in [5, 5.41) is 21.7. The number of anilines is 2. The molecule has 1 aromatic carbocycles. The Bertz CT molecular complexity index is 573. The molecule has 1 atom stereocenters. The summed E-state index contributed by atoms with van der Waals surface area (Å²) in [5.41, 5.74) is 5.41. The van der Waals surface area contributed by atoms with Gasteiger partial charge in [0, 0.05) is 18.2 Å². The van der Waals surface area contributed by atoms with E-state index in [9.17, 15) is 5.11 Å². The third-order valence-corrected chi connectivity index (χ3v) is 2.77. The molecule has 0 saturated carbocycles. The molecule has 1 unspecified atom stereocenters. The van der Waals surface area contributed by atoms with Gasteiger partial charge in [-0.3, -0.25) is 0 Å². The number of nitrogens with zero attached hydrogens (tertiary/aromatic N) is 2. The minimum absolute atomic E-state index is 0.161. The maximum absolute atomic E-state index is 9.75. The summed E-state index contributed by atoms with van der Waals surface area (Å²) in [7, 11) is 0. The first-order valence-electron chi connectivity index (χ1n) is 6.27. The predicted octanol–water partition coefficient (Wildman–Crippen LogP) is 0.881. The topological polar surface area (TPSA) is 104 Å². The standard InChI is InChI=1S/C14H18N4O2/c1-14(20,9-19)8-16-12-7-11(15)17-13(18-12)10-5-3-2-4-6-10/h2-7,19-20H,8-9H2,1H3,(H3,15,16,17,18). The number of nitrogens with two attached hydrogens (primary N) is 1. The molecule has 0 fully saturated rings. The number of hydrogen-bond acceptors (Lipinski definition) is 6. The molecule has 6 nitrogen and oxygen atoms in total. The molecule has 106 valence electrons. The van der Waals surface area contributed by atoms with Crippen LogP contribution in [-0.4, -0.2) is 38.9 Å². The van der Waals surface area contributed by atoms with Gasteiger partial charge >= 0.3 is 0 Å². The third kappa shape index (κ3) is 3.66. The van der Waals surface area contributed by atoms with Gasteiger partial charge < -0.3 is 21.3 Å². The fraction of sp³-hybridized carbons (Fsp3) is 0.286. The Hall–Kier alpha value is -2.18. The highest BCUT2D eigenvalue weighted by Gasteiger charge is 2.18. The molecule has 1 heterocycles. The van der Waals surface area contributed by atoms with Gasteiger partial charge in [0.25, 0.3) is 0 Å². The van der Waals surface area contributed by atoms with Gasteiger partial charge in [0.2, 0.25) is 0 Å². The van der Waals surface area contributed by atoms with E-state index < -0.39 is 5.60 Å². The average molecular weight is 274 g/mol. The SMILES string of the molecule is CC(O)(CO)CNc1cc(N)nc(-c2ccccc2)n1. The number of aliphatic hydroxyl groups excluding tert-OH is 1. The number of aromatic nitrogens is 2. The van der Waals surface area contributed by atoms with Crippen LogP contribution in [0.4, 0.5) is 11.6 Å². The van der Waals surface area contributed by atoms with Gasteiger partial charge in [0.1, 0.15) is 17.2 Å². The van der Waals surface area contributed by atoms with Crippen molar-refractivity contribution in [3.8, 4) is 11.4 Å². The Labute approximate surface area is 117 Å². The van der Waals surface area contributed by atoms with Crippen molar-refractivity contribution in [2.24, 2.45) is 0 Å². The molecule has 0 amide bonds. The Morgan fingerprint density at radius 2 is 1.95 bits per heavy atom. The number of hydrogen-bond donors (Lipinski definition) is 4. The summed E-state index contributed by atoms with van der Waals surface area (Å²) >= 11 is 0.